The first-order chi connectivity index (χ1) is 10.0. The maximum Gasteiger partial charge on any atom is 0.244 e. The smallest absolute Gasteiger partial charge is 0.244 e. The van der Waals surface area contributed by atoms with Crippen LogP contribution < -0.4 is 5.32 Å². The second-order valence-corrected chi connectivity index (χ2v) is 7.51. The Labute approximate surface area is 125 Å². The summed E-state index contributed by atoms with van der Waals surface area (Å²) in [7, 11) is -3.63. The lowest BCUT2D eigenvalue weighted by atomic mass is 9.96. The fourth-order valence-electron chi connectivity index (χ4n) is 3.51. The minimum Gasteiger partial charge on any atom is -0.354 e. The van der Waals surface area contributed by atoms with Gasteiger partial charge in [0.25, 0.3) is 0 Å². The van der Waals surface area contributed by atoms with E-state index in [0.29, 0.717) is 37.2 Å². The third-order valence-corrected chi connectivity index (χ3v) is 6.66. The molecule has 2 aliphatic rings. The Morgan fingerprint density at radius 1 is 1.29 bits per heavy atom. The summed E-state index contributed by atoms with van der Waals surface area (Å²) in [5, 5.41) is 2.79. The number of aryl methyl sites for hydroxylation is 1. The molecule has 2 fully saturated rings. The van der Waals surface area contributed by atoms with Crippen LogP contribution in [-0.2, 0) is 21.2 Å². The fourth-order valence-corrected chi connectivity index (χ4v) is 5.63. The van der Waals surface area contributed by atoms with Gasteiger partial charge < -0.3 is 5.32 Å². The molecule has 1 aromatic rings. The second kappa shape index (κ2) is 5.10. The number of nitrogens with one attached hydrogen (secondary N) is 1. The molecule has 5 nitrogen and oxygen atoms in total. The van der Waals surface area contributed by atoms with E-state index in [9.17, 15) is 13.2 Å². The topological polar surface area (TPSA) is 66.5 Å². The summed E-state index contributed by atoms with van der Waals surface area (Å²) in [5.41, 5.74) is -0.0578. The van der Waals surface area contributed by atoms with Crippen LogP contribution in [0.1, 0.15) is 31.7 Å². The van der Waals surface area contributed by atoms with Gasteiger partial charge in [-0.15, -0.1) is 0 Å². The van der Waals surface area contributed by atoms with Crippen molar-refractivity contribution in [3.05, 3.63) is 29.8 Å². The van der Waals surface area contributed by atoms with E-state index in [0.717, 1.165) is 12.0 Å². The van der Waals surface area contributed by atoms with Gasteiger partial charge in [-0.1, -0.05) is 25.1 Å². The largest absolute Gasteiger partial charge is 0.354 e. The molecule has 0 aromatic heterocycles. The van der Waals surface area contributed by atoms with Crippen molar-refractivity contribution >= 4 is 15.9 Å². The molecule has 1 amide bonds. The summed E-state index contributed by atoms with van der Waals surface area (Å²) >= 11 is 0. The van der Waals surface area contributed by atoms with Crippen molar-refractivity contribution in [3.63, 3.8) is 0 Å². The van der Waals surface area contributed by atoms with Crippen LogP contribution in [0.15, 0.2) is 29.2 Å². The van der Waals surface area contributed by atoms with E-state index in [-0.39, 0.29) is 5.91 Å². The Morgan fingerprint density at radius 2 is 2.05 bits per heavy atom. The van der Waals surface area contributed by atoms with Crippen molar-refractivity contribution < 1.29 is 13.2 Å². The van der Waals surface area contributed by atoms with E-state index >= 15 is 0 Å². The molecule has 6 heteroatoms. The average Bonchev–Trinajstić information content (AvgIpc) is 3.08. The van der Waals surface area contributed by atoms with Crippen molar-refractivity contribution in [1.29, 1.82) is 0 Å². The van der Waals surface area contributed by atoms with E-state index < -0.39 is 15.6 Å². The van der Waals surface area contributed by atoms with E-state index in [4.69, 9.17) is 0 Å². The molecule has 114 valence electrons. The number of hydrogen-bond donors (Lipinski definition) is 1. The number of amides is 1. The molecule has 1 atom stereocenters. The van der Waals surface area contributed by atoms with Gasteiger partial charge in [0.1, 0.15) is 5.54 Å². The van der Waals surface area contributed by atoms with Gasteiger partial charge >= 0.3 is 0 Å². The molecule has 3 rings (SSSR count). The monoisotopic (exact) mass is 308 g/mol. The standard InChI is InChI=1S/C15H20N2O3S/c1-2-12-6-3-4-7-13(12)21(19,20)17-11-5-8-15(17)9-10-16-14(15)18/h3-4,6-7H,2,5,8-11H2,1H3,(H,16,18). The number of sulfonamides is 1. The summed E-state index contributed by atoms with van der Waals surface area (Å²) in [5.74, 6) is -0.141. The summed E-state index contributed by atoms with van der Waals surface area (Å²) in [6, 6.07) is 7.07. The van der Waals surface area contributed by atoms with Gasteiger partial charge in [-0.3, -0.25) is 4.79 Å². The van der Waals surface area contributed by atoms with Gasteiger partial charge in [0.2, 0.25) is 15.9 Å². The highest BCUT2D eigenvalue weighted by molar-refractivity contribution is 7.89. The van der Waals surface area contributed by atoms with E-state index in [1.54, 1.807) is 12.1 Å². The molecule has 1 unspecified atom stereocenters. The first-order valence-electron chi connectivity index (χ1n) is 7.41. The fraction of sp³-hybridized carbons (Fsp3) is 0.533. The molecule has 1 spiro atoms. The minimum absolute atomic E-state index is 0.141. The van der Waals surface area contributed by atoms with Gasteiger partial charge in [0.05, 0.1) is 4.90 Å². The molecule has 1 aromatic carbocycles. The van der Waals surface area contributed by atoms with Crippen LogP contribution in [0.25, 0.3) is 0 Å². The number of benzene rings is 1. The number of rotatable bonds is 3. The van der Waals surface area contributed by atoms with Crippen LogP contribution in [0.3, 0.4) is 0 Å². The van der Waals surface area contributed by atoms with Gasteiger partial charge in [-0.05, 0) is 37.3 Å². The van der Waals surface area contributed by atoms with Crippen molar-refractivity contribution in [2.24, 2.45) is 0 Å². The van der Waals surface area contributed by atoms with E-state index in [2.05, 4.69) is 5.32 Å². The number of nitrogens with zero attached hydrogens (tertiary/aromatic N) is 1. The zero-order valence-electron chi connectivity index (χ0n) is 12.1. The third kappa shape index (κ3) is 2.08. The maximum atomic E-state index is 13.1. The molecule has 2 heterocycles. The van der Waals surface area contributed by atoms with Gasteiger partial charge in [-0.25, -0.2) is 8.42 Å². The predicted molar refractivity (Wildman–Crippen MR) is 79.3 cm³/mol. The Bertz CT molecular complexity index is 667. The van der Waals surface area contributed by atoms with Gasteiger partial charge in [0, 0.05) is 13.1 Å². The molecular weight excluding hydrogens is 288 g/mol. The SMILES string of the molecule is CCc1ccccc1S(=O)(=O)N1CCCC12CCNC2=O. The number of carbonyl (C=O) groups is 1. The molecule has 2 saturated heterocycles. The Hall–Kier alpha value is -1.40. The Morgan fingerprint density at radius 3 is 2.71 bits per heavy atom. The minimum atomic E-state index is -3.63. The summed E-state index contributed by atoms with van der Waals surface area (Å²) in [4.78, 5) is 12.6. The Balaban J connectivity index is 2.08. The van der Waals surface area contributed by atoms with Crippen LogP contribution in [0.4, 0.5) is 0 Å². The summed E-state index contributed by atoms with van der Waals surface area (Å²) in [6.45, 7) is 2.92. The molecule has 21 heavy (non-hydrogen) atoms. The van der Waals surface area contributed by atoms with Crippen molar-refractivity contribution in [1.82, 2.24) is 9.62 Å². The summed E-state index contributed by atoms with van der Waals surface area (Å²) in [6.07, 6.45) is 2.58. The van der Waals surface area contributed by atoms with Gasteiger partial charge in [0.15, 0.2) is 0 Å². The lowest BCUT2D eigenvalue weighted by Gasteiger charge is -2.31. The number of carbonyl (C=O) groups excluding carboxylic acids is 1. The lowest BCUT2D eigenvalue weighted by Crippen LogP contribution is -2.52. The van der Waals surface area contributed by atoms with Crippen LogP contribution in [0.2, 0.25) is 0 Å². The van der Waals surface area contributed by atoms with Crippen LogP contribution in [-0.4, -0.2) is 37.3 Å². The predicted octanol–water partition coefficient (Wildman–Crippen LogP) is 1.29. The first kappa shape index (κ1) is 14.5. The highest BCUT2D eigenvalue weighted by atomic mass is 32.2. The van der Waals surface area contributed by atoms with Crippen LogP contribution >= 0.6 is 0 Å². The van der Waals surface area contributed by atoms with E-state index in [1.807, 2.05) is 19.1 Å². The zero-order chi connectivity index (χ0) is 15.1. The lowest BCUT2D eigenvalue weighted by molar-refractivity contribution is -0.126. The van der Waals surface area contributed by atoms with Crippen LogP contribution in [0, 0.1) is 0 Å². The number of hydrogen-bond acceptors (Lipinski definition) is 3. The van der Waals surface area contributed by atoms with Crippen molar-refractivity contribution in [2.45, 2.75) is 43.0 Å². The van der Waals surface area contributed by atoms with E-state index in [1.165, 1.54) is 4.31 Å². The Kier molecular flexibility index (Phi) is 3.53. The normalized spacial score (nSPS) is 26.4. The molecule has 0 aliphatic carbocycles. The highest BCUT2D eigenvalue weighted by Crippen LogP contribution is 2.40. The molecular formula is C15H20N2O3S. The maximum absolute atomic E-state index is 13.1. The third-order valence-electron chi connectivity index (χ3n) is 4.60. The molecule has 0 radical (unpaired) electrons. The zero-order valence-corrected chi connectivity index (χ0v) is 12.9. The quantitative estimate of drug-likeness (QED) is 0.915. The van der Waals surface area contributed by atoms with Crippen molar-refractivity contribution in [2.75, 3.05) is 13.1 Å². The highest BCUT2D eigenvalue weighted by Gasteiger charge is 2.55. The molecule has 0 bridgehead atoms. The summed E-state index contributed by atoms with van der Waals surface area (Å²) < 4.78 is 27.6. The molecule has 2 aliphatic heterocycles. The van der Waals surface area contributed by atoms with Crippen molar-refractivity contribution in [3.8, 4) is 0 Å². The van der Waals surface area contributed by atoms with Gasteiger partial charge in [-0.2, -0.15) is 4.31 Å². The molecule has 1 N–H and O–H groups in total. The average molecular weight is 308 g/mol. The van der Waals surface area contributed by atoms with Crippen LogP contribution in [0.5, 0.6) is 0 Å². The second-order valence-electron chi connectivity index (χ2n) is 5.68. The molecule has 0 saturated carbocycles. The first-order valence-corrected chi connectivity index (χ1v) is 8.85.